The molecule has 1 unspecified atom stereocenters. The summed E-state index contributed by atoms with van der Waals surface area (Å²) in [5.74, 6) is -0.000989. The number of alkyl halides is 3. The van der Waals surface area contributed by atoms with Crippen LogP contribution >= 0.6 is 0 Å². The van der Waals surface area contributed by atoms with E-state index >= 15 is 0 Å². The number of halogens is 3. The molecule has 2 saturated heterocycles. The average Bonchev–Trinajstić information content (AvgIpc) is 3.30. The largest absolute Gasteiger partial charge is 0.416 e. The van der Waals surface area contributed by atoms with Crippen molar-refractivity contribution in [3.05, 3.63) is 58.2 Å². The number of hydrogen-bond donors (Lipinski definition) is 0. The fourth-order valence-corrected chi connectivity index (χ4v) is 7.04. The molecule has 2 fully saturated rings. The lowest BCUT2D eigenvalue weighted by Gasteiger charge is -2.53. The van der Waals surface area contributed by atoms with Crippen LogP contribution in [-0.2, 0) is 22.1 Å². The SMILES string of the molecule is COCCOC1Cc2cc(C(F)(F)F)ccc2[C@H]1N1CCN(C2(C)CCN(C(=O)c3c(C)ncnc3C)CC2)C[C@@H]1C. The molecule has 2 aliphatic heterocycles. The number of fused-ring (bicyclic) bond motifs is 1. The van der Waals surface area contributed by atoms with Gasteiger partial charge in [0.25, 0.3) is 5.91 Å². The molecule has 0 saturated carbocycles. The molecule has 8 nitrogen and oxygen atoms in total. The van der Waals surface area contributed by atoms with Gasteiger partial charge in [-0.15, -0.1) is 0 Å². The van der Waals surface area contributed by atoms with Crippen molar-refractivity contribution in [2.24, 2.45) is 0 Å². The van der Waals surface area contributed by atoms with Gasteiger partial charge >= 0.3 is 6.18 Å². The van der Waals surface area contributed by atoms with E-state index < -0.39 is 11.7 Å². The van der Waals surface area contributed by atoms with Crippen LogP contribution < -0.4 is 0 Å². The highest BCUT2D eigenvalue weighted by molar-refractivity contribution is 5.96. The molecule has 2 aromatic rings. The highest BCUT2D eigenvalue weighted by Gasteiger charge is 2.45. The minimum absolute atomic E-state index is 0.000989. The maximum Gasteiger partial charge on any atom is 0.416 e. The van der Waals surface area contributed by atoms with Gasteiger partial charge in [-0.25, -0.2) is 9.97 Å². The Hall–Kier alpha value is -2.60. The van der Waals surface area contributed by atoms with E-state index in [0.717, 1.165) is 38.0 Å². The zero-order chi connectivity index (χ0) is 30.2. The summed E-state index contributed by atoms with van der Waals surface area (Å²) in [5.41, 5.74) is 3.00. The maximum absolute atomic E-state index is 13.5. The van der Waals surface area contributed by atoms with E-state index in [1.165, 1.54) is 18.5 Å². The number of amides is 1. The molecule has 1 aromatic heterocycles. The molecule has 0 radical (unpaired) electrons. The Morgan fingerprint density at radius 2 is 1.76 bits per heavy atom. The third kappa shape index (κ3) is 6.06. The van der Waals surface area contributed by atoms with Crippen LogP contribution in [0.25, 0.3) is 0 Å². The van der Waals surface area contributed by atoms with Crippen molar-refractivity contribution >= 4 is 5.91 Å². The number of methoxy groups -OCH3 is 1. The van der Waals surface area contributed by atoms with Gasteiger partial charge in [-0.1, -0.05) is 6.07 Å². The van der Waals surface area contributed by atoms with Gasteiger partial charge in [-0.05, 0) is 63.8 Å². The van der Waals surface area contributed by atoms with Crippen LogP contribution in [0.1, 0.15) is 71.2 Å². The highest BCUT2D eigenvalue weighted by Crippen LogP contribution is 2.43. The molecule has 1 amide bonds. The van der Waals surface area contributed by atoms with Crippen molar-refractivity contribution in [3.8, 4) is 0 Å². The van der Waals surface area contributed by atoms with Crippen LogP contribution in [0.15, 0.2) is 24.5 Å². The fraction of sp³-hybridized carbons (Fsp3) is 0.645. The van der Waals surface area contributed by atoms with Crippen molar-refractivity contribution in [1.29, 1.82) is 0 Å². The molecular formula is C31H42F3N5O3. The lowest BCUT2D eigenvalue weighted by molar-refractivity contribution is -0.137. The first kappa shape index (κ1) is 30.8. The van der Waals surface area contributed by atoms with Crippen LogP contribution in [0.5, 0.6) is 0 Å². The minimum Gasteiger partial charge on any atom is -0.382 e. The first-order chi connectivity index (χ1) is 19.9. The summed E-state index contributed by atoms with van der Waals surface area (Å²) in [4.78, 5) is 28.6. The highest BCUT2D eigenvalue weighted by atomic mass is 19.4. The predicted octanol–water partition coefficient (Wildman–Crippen LogP) is 4.44. The summed E-state index contributed by atoms with van der Waals surface area (Å²) in [6.07, 6.45) is -0.924. The van der Waals surface area contributed by atoms with Gasteiger partial charge < -0.3 is 14.4 Å². The summed E-state index contributed by atoms with van der Waals surface area (Å²) in [6.45, 7) is 12.8. The second kappa shape index (κ2) is 12.2. The third-order valence-electron chi connectivity index (χ3n) is 9.55. The Bertz CT molecular complexity index is 1260. The Kier molecular flexibility index (Phi) is 8.95. The number of piperidine rings is 1. The Morgan fingerprint density at radius 1 is 1.07 bits per heavy atom. The number of aryl methyl sites for hydroxylation is 2. The fourth-order valence-electron chi connectivity index (χ4n) is 7.04. The molecule has 1 aliphatic carbocycles. The number of likely N-dealkylation sites (tertiary alicyclic amines) is 1. The van der Waals surface area contributed by atoms with Crippen LogP contribution in [0.2, 0.25) is 0 Å². The molecule has 0 bridgehead atoms. The van der Waals surface area contributed by atoms with E-state index in [1.54, 1.807) is 13.2 Å². The number of piperazine rings is 1. The van der Waals surface area contributed by atoms with Gasteiger partial charge in [-0.2, -0.15) is 13.2 Å². The second-order valence-electron chi connectivity index (χ2n) is 12.2. The molecule has 1 aromatic carbocycles. The second-order valence-corrected chi connectivity index (χ2v) is 12.2. The lowest BCUT2D eigenvalue weighted by Crippen LogP contribution is -2.62. The van der Waals surface area contributed by atoms with Crippen LogP contribution in [0.4, 0.5) is 13.2 Å². The molecule has 0 N–H and O–H groups in total. The van der Waals surface area contributed by atoms with Gasteiger partial charge in [0, 0.05) is 57.8 Å². The topological polar surface area (TPSA) is 71.0 Å². The van der Waals surface area contributed by atoms with Gasteiger partial charge in [0.1, 0.15) is 6.33 Å². The van der Waals surface area contributed by atoms with E-state index in [1.807, 2.05) is 18.7 Å². The number of rotatable bonds is 7. The molecular weight excluding hydrogens is 547 g/mol. The van der Waals surface area contributed by atoms with E-state index in [0.29, 0.717) is 55.2 Å². The van der Waals surface area contributed by atoms with E-state index in [-0.39, 0.29) is 29.6 Å². The van der Waals surface area contributed by atoms with Crippen LogP contribution in [0, 0.1) is 13.8 Å². The van der Waals surface area contributed by atoms with Crippen molar-refractivity contribution in [3.63, 3.8) is 0 Å². The Morgan fingerprint density at radius 3 is 2.38 bits per heavy atom. The first-order valence-electron chi connectivity index (χ1n) is 14.8. The quantitative estimate of drug-likeness (QED) is 0.443. The summed E-state index contributed by atoms with van der Waals surface area (Å²) in [7, 11) is 1.61. The van der Waals surface area contributed by atoms with E-state index in [2.05, 4.69) is 33.6 Å². The van der Waals surface area contributed by atoms with Crippen molar-refractivity contribution in [1.82, 2.24) is 24.7 Å². The Labute approximate surface area is 246 Å². The van der Waals surface area contributed by atoms with Crippen molar-refractivity contribution in [2.75, 3.05) is 53.0 Å². The average molecular weight is 590 g/mol. The molecule has 3 heterocycles. The zero-order valence-electron chi connectivity index (χ0n) is 25.2. The first-order valence-corrected chi connectivity index (χ1v) is 14.8. The standard InChI is InChI=1S/C31H42F3N5O3/c1-20-18-38(30(4)8-10-37(11-9-30)29(40)27-21(2)35-19-36-22(27)3)12-13-39(20)28-25-7-6-24(31(32,33)34)16-23(25)17-26(28)42-15-14-41-5/h6-7,16,19-20,26,28H,8-15,17-18H2,1-5H3/t20-,26?,28+/m0/s1. The smallest absolute Gasteiger partial charge is 0.382 e. The number of hydrogen-bond acceptors (Lipinski definition) is 7. The lowest BCUT2D eigenvalue weighted by atomic mass is 9.86. The van der Waals surface area contributed by atoms with Crippen LogP contribution in [-0.4, -0.2) is 101 Å². The van der Waals surface area contributed by atoms with Gasteiger partial charge in [0.15, 0.2) is 0 Å². The summed E-state index contributed by atoms with van der Waals surface area (Å²) in [6, 6.07) is 4.21. The predicted molar refractivity (Wildman–Crippen MR) is 152 cm³/mol. The van der Waals surface area contributed by atoms with Crippen molar-refractivity contribution < 1.29 is 27.4 Å². The number of aromatic nitrogens is 2. The summed E-state index contributed by atoms with van der Waals surface area (Å²) >= 11 is 0. The van der Waals surface area contributed by atoms with E-state index in [9.17, 15) is 18.0 Å². The maximum atomic E-state index is 13.5. The zero-order valence-corrected chi connectivity index (χ0v) is 25.2. The molecule has 3 aliphatic rings. The number of ether oxygens (including phenoxy) is 2. The van der Waals surface area contributed by atoms with Crippen molar-refractivity contribution in [2.45, 2.75) is 76.9 Å². The molecule has 42 heavy (non-hydrogen) atoms. The number of carbonyl (C=O) groups excluding carboxylic acids is 1. The monoisotopic (exact) mass is 589 g/mol. The van der Waals surface area contributed by atoms with Gasteiger partial charge in [-0.3, -0.25) is 14.6 Å². The molecule has 5 rings (SSSR count). The number of nitrogens with zero attached hydrogens (tertiary/aromatic N) is 5. The molecule has 0 spiro atoms. The van der Waals surface area contributed by atoms with Gasteiger partial charge in [0.2, 0.25) is 0 Å². The van der Waals surface area contributed by atoms with E-state index in [4.69, 9.17) is 9.47 Å². The number of carbonyl (C=O) groups is 1. The van der Waals surface area contributed by atoms with Gasteiger partial charge in [0.05, 0.1) is 47.9 Å². The number of benzene rings is 1. The summed E-state index contributed by atoms with van der Waals surface area (Å²) in [5, 5.41) is 0. The minimum atomic E-state index is -4.37. The Balaban J connectivity index is 1.27. The molecule has 230 valence electrons. The molecule has 11 heteroatoms. The molecule has 3 atom stereocenters. The normalized spacial score (nSPS) is 25.0. The summed E-state index contributed by atoms with van der Waals surface area (Å²) < 4.78 is 51.8. The third-order valence-corrected chi connectivity index (χ3v) is 9.55. The van der Waals surface area contributed by atoms with Crippen LogP contribution in [0.3, 0.4) is 0 Å².